The molecular weight excluding hydrogens is 531 g/mol. The van der Waals surface area contributed by atoms with Gasteiger partial charge >= 0.3 is 0 Å². The lowest BCUT2D eigenvalue weighted by atomic mass is 9.93. The SMILES string of the molecule is Cc1nnc(CN=C(NC2CCC(OC(C)C)CC2)NC2CCOc3ccccc32)n1C.I. The van der Waals surface area contributed by atoms with Crippen LogP contribution in [0.3, 0.4) is 0 Å². The molecule has 8 nitrogen and oxygen atoms in total. The van der Waals surface area contributed by atoms with Crippen LogP contribution in [0.25, 0.3) is 0 Å². The summed E-state index contributed by atoms with van der Waals surface area (Å²) in [6, 6.07) is 8.78. The van der Waals surface area contributed by atoms with E-state index in [0.29, 0.717) is 25.3 Å². The number of ether oxygens (including phenoxy) is 2. The van der Waals surface area contributed by atoms with E-state index < -0.39 is 0 Å². The molecule has 1 aromatic carbocycles. The van der Waals surface area contributed by atoms with Crippen LogP contribution in [-0.4, -0.2) is 45.6 Å². The molecule has 2 aliphatic rings. The fourth-order valence-corrected chi connectivity index (χ4v) is 4.45. The number of aromatic nitrogens is 3. The monoisotopic (exact) mass is 568 g/mol. The van der Waals surface area contributed by atoms with Gasteiger partial charge in [-0.3, -0.25) is 0 Å². The van der Waals surface area contributed by atoms with E-state index >= 15 is 0 Å². The van der Waals surface area contributed by atoms with Crippen LogP contribution in [-0.2, 0) is 18.3 Å². The van der Waals surface area contributed by atoms with Crippen LogP contribution >= 0.6 is 24.0 Å². The predicted molar refractivity (Wildman–Crippen MR) is 140 cm³/mol. The molecular formula is C24H37IN6O2. The van der Waals surface area contributed by atoms with Gasteiger partial charge in [-0.2, -0.15) is 0 Å². The highest BCUT2D eigenvalue weighted by molar-refractivity contribution is 14.0. The largest absolute Gasteiger partial charge is 0.493 e. The maximum atomic E-state index is 6.02. The summed E-state index contributed by atoms with van der Waals surface area (Å²) in [6.07, 6.45) is 5.85. The van der Waals surface area contributed by atoms with E-state index in [1.54, 1.807) is 0 Å². The lowest BCUT2D eigenvalue weighted by molar-refractivity contribution is -0.0152. The molecule has 0 saturated heterocycles. The van der Waals surface area contributed by atoms with Gasteiger partial charge in [0.05, 0.1) is 24.9 Å². The quantitative estimate of drug-likeness (QED) is 0.311. The van der Waals surface area contributed by atoms with Crippen molar-refractivity contribution in [3.05, 3.63) is 41.5 Å². The highest BCUT2D eigenvalue weighted by Gasteiger charge is 2.26. The Morgan fingerprint density at radius 2 is 1.91 bits per heavy atom. The van der Waals surface area contributed by atoms with Gasteiger partial charge in [-0.25, -0.2) is 4.99 Å². The molecule has 1 atom stereocenters. The zero-order valence-electron chi connectivity index (χ0n) is 20.1. The van der Waals surface area contributed by atoms with E-state index in [4.69, 9.17) is 14.5 Å². The van der Waals surface area contributed by atoms with Crippen molar-refractivity contribution in [2.24, 2.45) is 12.0 Å². The fourth-order valence-electron chi connectivity index (χ4n) is 4.45. The number of halogens is 1. The number of aliphatic imine (C=N–C) groups is 1. The number of nitrogens with zero attached hydrogens (tertiary/aromatic N) is 4. The molecule has 1 unspecified atom stereocenters. The van der Waals surface area contributed by atoms with Gasteiger partial charge in [0, 0.05) is 25.1 Å². The maximum Gasteiger partial charge on any atom is 0.192 e. The van der Waals surface area contributed by atoms with Crippen molar-refractivity contribution in [2.75, 3.05) is 6.61 Å². The second-order valence-corrected chi connectivity index (χ2v) is 9.06. The molecule has 1 aliphatic carbocycles. The average Bonchev–Trinajstić information content (AvgIpc) is 3.11. The summed E-state index contributed by atoms with van der Waals surface area (Å²) in [5, 5.41) is 15.8. The van der Waals surface area contributed by atoms with Gasteiger partial charge in [0.2, 0.25) is 0 Å². The fraction of sp³-hybridized carbons (Fsp3) is 0.625. The Hall–Kier alpha value is -1.88. The molecule has 1 saturated carbocycles. The Bertz CT molecular complexity index is 923. The van der Waals surface area contributed by atoms with E-state index in [2.05, 4.69) is 46.8 Å². The summed E-state index contributed by atoms with van der Waals surface area (Å²) < 4.78 is 13.8. The first kappa shape index (κ1) is 25.7. The van der Waals surface area contributed by atoms with E-state index in [1.165, 1.54) is 5.56 Å². The van der Waals surface area contributed by atoms with Crippen molar-refractivity contribution in [1.82, 2.24) is 25.4 Å². The van der Waals surface area contributed by atoms with Crippen LogP contribution in [0.2, 0.25) is 0 Å². The summed E-state index contributed by atoms with van der Waals surface area (Å²) in [6.45, 7) is 7.34. The molecule has 1 fully saturated rings. The van der Waals surface area contributed by atoms with Crippen LogP contribution in [0.15, 0.2) is 29.3 Å². The van der Waals surface area contributed by atoms with Gasteiger partial charge in [-0.05, 0) is 52.5 Å². The zero-order valence-corrected chi connectivity index (χ0v) is 22.4. The van der Waals surface area contributed by atoms with Crippen LogP contribution in [0.4, 0.5) is 0 Å². The molecule has 0 bridgehead atoms. The number of hydrogen-bond acceptors (Lipinski definition) is 5. The van der Waals surface area contributed by atoms with Crippen LogP contribution < -0.4 is 15.4 Å². The summed E-state index contributed by atoms with van der Waals surface area (Å²) in [4.78, 5) is 4.90. The molecule has 2 aromatic rings. The Morgan fingerprint density at radius 3 is 2.61 bits per heavy atom. The van der Waals surface area contributed by atoms with Crippen LogP contribution in [0.5, 0.6) is 5.75 Å². The lowest BCUT2D eigenvalue weighted by Gasteiger charge is -2.33. The summed E-state index contributed by atoms with van der Waals surface area (Å²) in [5.74, 6) is 3.51. The predicted octanol–water partition coefficient (Wildman–Crippen LogP) is 4.04. The third-order valence-electron chi connectivity index (χ3n) is 6.31. The molecule has 0 amide bonds. The van der Waals surface area contributed by atoms with E-state index in [9.17, 15) is 0 Å². The van der Waals surface area contributed by atoms with Crippen molar-refractivity contribution >= 4 is 29.9 Å². The molecule has 1 aliphatic heterocycles. The first-order valence-electron chi connectivity index (χ1n) is 11.8. The summed E-state index contributed by atoms with van der Waals surface area (Å²) >= 11 is 0. The highest BCUT2D eigenvalue weighted by atomic mass is 127. The molecule has 2 heterocycles. The Kier molecular flexibility index (Phi) is 9.37. The maximum absolute atomic E-state index is 6.02. The highest BCUT2D eigenvalue weighted by Crippen LogP contribution is 2.31. The van der Waals surface area contributed by atoms with Crippen molar-refractivity contribution in [3.63, 3.8) is 0 Å². The molecule has 0 radical (unpaired) electrons. The summed E-state index contributed by atoms with van der Waals surface area (Å²) in [7, 11) is 1.98. The number of fused-ring (bicyclic) bond motifs is 1. The third kappa shape index (κ3) is 6.81. The minimum atomic E-state index is 0. The van der Waals surface area contributed by atoms with Gasteiger partial charge in [-0.15, -0.1) is 34.2 Å². The van der Waals surface area contributed by atoms with Crippen LogP contribution in [0.1, 0.15) is 69.2 Å². The Balaban J connectivity index is 0.00000306. The molecule has 33 heavy (non-hydrogen) atoms. The molecule has 2 N–H and O–H groups in total. The molecule has 182 valence electrons. The van der Waals surface area contributed by atoms with Gasteiger partial charge < -0.3 is 24.7 Å². The second-order valence-electron chi connectivity index (χ2n) is 9.06. The number of aryl methyl sites for hydroxylation is 1. The zero-order chi connectivity index (χ0) is 22.5. The standard InChI is InChI=1S/C24H36N6O2.HI/c1-16(2)32-19-11-9-18(10-12-19)26-24(25-15-23-29-28-17(3)30(23)4)27-21-13-14-31-22-8-6-5-7-20(21)22;/h5-8,16,18-19,21H,9-15H2,1-4H3,(H2,25,26,27);1H. The topological polar surface area (TPSA) is 85.6 Å². The van der Waals surface area contributed by atoms with E-state index in [1.807, 2.05) is 30.7 Å². The lowest BCUT2D eigenvalue weighted by Crippen LogP contribution is -2.47. The van der Waals surface area contributed by atoms with Crippen molar-refractivity contribution in [1.29, 1.82) is 0 Å². The van der Waals surface area contributed by atoms with Crippen molar-refractivity contribution in [2.45, 2.75) is 83.7 Å². The first-order chi connectivity index (χ1) is 15.5. The summed E-state index contributed by atoms with van der Waals surface area (Å²) in [5.41, 5.74) is 1.18. The van der Waals surface area contributed by atoms with Gasteiger partial charge in [0.1, 0.15) is 18.1 Å². The number of nitrogens with one attached hydrogen (secondary N) is 2. The molecule has 1 aromatic heterocycles. The van der Waals surface area contributed by atoms with Crippen LogP contribution in [0, 0.1) is 6.92 Å². The number of benzene rings is 1. The number of hydrogen-bond donors (Lipinski definition) is 2. The molecule has 0 spiro atoms. The number of rotatable bonds is 6. The van der Waals surface area contributed by atoms with Crippen molar-refractivity contribution in [3.8, 4) is 5.75 Å². The first-order valence-corrected chi connectivity index (χ1v) is 11.8. The van der Waals surface area contributed by atoms with Gasteiger partial charge in [0.25, 0.3) is 0 Å². The minimum Gasteiger partial charge on any atom is -0.493 e. The second kappa shape index (κ2) is 12.0. The van der Waals surface area contributed by atoms with Crippen molar-refractivity contribution < 1.29 is 9.47 Å². The Morgan fingerprint density at radius 1 is 1.15 bits per heavy atom. The number of guanidine groups is 1. The molecule has 4 rings (SSSR count). The van der Waals surface area contributed by atoms with E-state index in [-0.39, 0.29) is 36.1 Å². The normalized spacial score (nSPS) is 22.8. The Labute approximate surface area is 214 Å². The third-order valence-corrected chi connectivity index (χ3v) is 6.31. The number of para-hydroxylation sites is 1. The van der Waals surface area contributed by atoms with E-state index in [0.717, 1.165) is 55.5 Å². The minimum absolute atomic E-state index is 0. The van der Waals surface area contributed by atoms with Gasteiger partial charge in [-0.1, -0.05) is 18.2 Å². The average molecular weight is 569 g/mol. The van der Waals surface area contributed by atoms with Gasteiger partial charge in [0.15, 0.2) is 11.8 Å². The smallest absolute Gasteiger partial charge is 0.192 e. The molecule has 9 heteroatoms.